The second-order valence-corrected chi connectivity index (χ2v) is 10.4. The summed E-state index contributed by atoms with van der Waals surface area (Å²) in [5.41, 5.74) is 1.90. The maximum Gasteiger partial charge on any atom is 0.247 e. The van der Waals surface area contributed by atoms with Crippen molar-refractivity contribution in [3.63, 3.8) is 0 Å². The molecule has 0 radical (unpaired) electrons. The molecule has 0 aromatic heterocycles. The standard InChI is InChI=1S/C21H22N2O4S2/c1-2-20(24)22-21-23(18-13-29(25,26)14-19(18)28-21)16-8-10-17(11-9-16)27-12-15-6-4-3-5-7-15/h3-11,18-19H,2,12-14H2,1H3/t18-,19+/m0/s1. The van der Waals surface area contributed by atoms with Crippen molar-refractivity contribution < 1.29 is 17.9 Å². The van der Waals surface area contributed by atoms with Crippen LogP contribution in [0, 0.1) is 0 Å². The highest BCUT2D eigenvalue weighted by Crippen LogP contribution is 2.41. The lowest BCUT2D eigenvalue weighted by Gasteiger charge is -2.24. The molecule has 6 nitrogen and oxygen atoms in total. The lowest BCUT2D eigenvalue weighted by atomic mass is 10.2. The first-order valence-electron chi connectivity index (χ1n) is 9.50. The van der Waals surface area contributed by atoms with Crippen LogP contribution in [0.3, 0.4) is 0 Å². The summed E-state index contributed by atoms with van der Waals surface area (Å²) in [6, 6.07) is 17.2. The Balaban J connectivity index is 1.55. The number of rotatable bonds is 5. The molecule has 0 aliphatic carbocycles. The van der Waals surface area contributed by atoms with Gasteiger partial charge in [-0.25, -0.2) is 8.42 Å². The van der Waals surface area contributed by atoms with Gasteiger partial charge < -0.3 is 9.64 Å². The van der Waals surface area contributed by atoms with Crippen molar-refractivity contribution in [1.82, 2.24) is 0 Å². The van der Waals surface area contributed by atoms with E-state index >= 15 is 0 Å². The Hall–Kier alpha value is -2.32. The summed E-state index contributed by atoms with van der Waals surface area (Å²) in [4.78, 5) is 18.0. The normalized spacial score (nSPS) is 23.9. The van der Waals surface area contributed by atoms with Crippen molar-refractivity contribution in [1.29, 1.82) is 0 Å². The van der Waals surface area contributed by atoms with Crippen molar-refractivity contribution >= 4 is 38.4 Å². The minimum atomic E-state index is -3.08. The number of hydrogen-bond donors (Lipinski definition) is 0. The van der Waals surface area contributed by atoms with E-state index in [-0.39, 0.29) is 28.7 Å². The van der Waals surface area contributed by atoms with Crippen LogP contribution < -0.4 is 9.64 Å². The highest BCUT2D eigenvalue weighted by atomic mass is 32.2. The van der Waals surface area contributed by atoms with Gasteiger partial charge in [0.05, 0.1) is 17.5 Å². The van der Waals surface area contributed by atoms with Gasteiger partial charge in [-0.15, -0.1) is 0 Å². The molecule has 0 spiro atoms. The Kier molecular flexibility index (Phi) is 5.65. The number of anilines is 1. The van der Waals surface area contributed by atoms with Crippen molar-refractivity contribution in [2.24, 2.45) is 4.99 Å². The fourth-order valence-electron chi connectivity index (χ4n) is 3.50. The lowest BCUT2D eigenvalue weighted by molar-refractivity contribution is -0.117. The van der Waals surface area contributed by atoms with Crippen LogP contribution in [0.1, 0.15) is 18.9 Å². The monoisotopic (exact) mass is 430 g/mol. The summed E-state index contributed by atoms with van der Waals surface area (Å²) in [6.07, 6.45) is 0.317. The van der Waals surface area contributed by atoms with E-state index in [1.807, 2.05) is 59.5 Å². The zero-order chi connectivity index (χ0) is 20.4. The number of amides is 1. The average Bonchev–Trinajstić information content (AvgIpc) is 3.18. The van der Waals surface area contributed by atoms with Gasteiger partial charge in [0.15, 0.2) is 15.0 Å². The molecule has 2 atom stereocenters. The Morgan fingerprint density at radius 2 is 1.86 bits per heavy atom. The zero-order valence-corrected chi connectivity index (χ0v) is 17.7. The van der Waals surface area contributed by atoms with E-state index in [1.165, 1.54) is 11.8 Å². The molecule has 2 aromatic rings. The minimum Gasteiger partial charge on any atom is -0.489 e. The third kappa shape index (κ3) is 4.48. The average molecular weight is 431 g/mol. The van der Waals surface area contributed by atoms with Crippen molar-refractivity contribution in [2.75, 3.05) is 16.4 Å². The fourth-order valence-corrected chi connectivity index (χ4v) is 7.43. The smallest absolute Gasteiger partial charge is 0.247 e. The summed E-state index contributed by atoms with van der Waals surface area (Å²) in [5, 5.41) is 0.483. The number of ether oxygens (including phenoxy) is 1. The molecule has 1 amide bonds. The molecular weight excluding hydrogens is 408 g/mol. The molecule has 8 heteroatoms. The molecule has 152 valence electrons. The van der Waals surface area contributed by atoms with Gasteiger partial charge in [0, 0.05) is 17.4 Å². The second kappa shape index (κ2) is 8.20. The van der Waals surface area contributed by atoms with Crippen LogP contribution in [0.2, 0.25) is 0 Å². The lowest BCUT2D eigenvalue weighted by Crippen LogP contribution is -2.37. The fraction of sp³-hybridized carbons (Fsp3) is 0.333. The maximum absolute atomic E-state index is 12.1. The Bertz CT molecular complexity index is 1020. The van der Waals surface area contributed by atoms with Crippen molar-refractivity contribution in [2.45, 2.75) is 31.2 Å². The van der Waals surface area contributed by atoms with E-state index in [1.54, 1.807) is 6.92 Å². The highest BCUT2D eigenvalue weighted by Gasteiger charge is 2.49. The third-order valence-corrected chi connectivity index (χ3v) is 8.16. The highest BCUT2D eigenvalue weighted by molar-refractivity contribution is 8.16. The van der Waals surface area contributed by atoms with Crippen LogP contribution in [0.5, 0.6) is 5.75 Å². The van der Waals surface area contributed by atoms with Crippen LogP contribution in [-0.4, -0.2) is 42.3 Å². The summed E-state index contributed by atoms with van der Waals surface area (Å²) < 4.78 is 30.1. The topological polar surface area (TPSA) is 76.0 Å². The van der Waals surface area contributed by atoms with Crippen LogP contribution in [0.4, 0.5) is 5.69 Å². The molecule has 2 heterocycles. The van der Waals surface area contributed by atoms with Crippen molar-refractivity contribution in [3.8, 4) is 5.75 Å². The number of sulfone groups is 1. The summed E-state index contributed by atoms with van der Waals surface area (Å²) in [6.45, 7) is 2.24. The number of aliphatic imine (C=N–C) groups is 1. The Morgan fingerprint density at radius 1 is 1.14 bits per heavy atom. The number of carbonyl (C=O) groups excluding carboxylic acids is 1. The predicted octanol–water partition coefficient (Wildman–Crippen LogP) is 3.28. The molecule has 2 aromatic carbocycles. The summed E-state index contributed by atoms with van der Waals surface area (Å²) >= 11 is 1.39. The molecule has 2 aliphatic rings. The van der Waals surface area contributed by atoms with Gasteiger partial charge in [-0.2, -0.15) is 4.99 Å². The second-order valence-electron chi connectivity index (χ2n) is 7.08. The van der Waals surface area contributed by atoms with E-state index in [4.69, 9.17) is 4.74 Å². The predicted molar refractivity (Wildman–Crippen MR) is 116 cm³/mol. The van der Waals surface area contributed by atoms with E-state index < -0.39 is 9.84 Å². The summed E-state index contributed by atoms with van der Waals surface area (Å²) in [7, 11) is -3.08. The van der Waals surface area contributed by atoms with Crippen molar-refractivity contribution in [3.05, 3.63) is 60.2 Å². The molecule has 2 aliphatic heterocycles. The SMILES string of the molecule is CCC(=O)N=C1S[C@@H]2CS(=O)(=O)C[C@@H]2N1c1ccc(OCc2ccccc2)cc1. The van der Waals surface area contributed by atoms with Gasteiger partial charge >= 0.3 is 0 Å². The van der Waals surface area contributed by atoms with Gasteiger partial charge in [0.25, 0.3) is 0 Å². The summed E-state index contributed by atoms with van der Waals surface area (Å²) in [5.74, 6) is 0.721. The maximum atomic E-state index is 12.1. The Labute approximate surface area is 174 Å². The quantitative estimate of drug-likeness (QED) is 0.725. The van der Waals surface area contributed by atoms with Crippen LogP contribution >= 0.6 is 11.8 Å². The molecular formula is C21H22N2O4S2. The molecule has 0 unspecified atom stereocenters. The molecule has 0 bridgehead atoms. The molecule has 4 rings (SSSR count). The molecule has 2 saturated heterocycles. The van der Waals surface area contributed by atoms with Crippen LogP contribution in [-0.2, 0) is 21.2 Å². The first-order valence-corrected chi connectivity index (χ1v) is 12.2. The van der Waals surface area contributed by atoms with E-state index in [0.717, 1.165) is 17.0 Å². The molecule has 0 N–H and O–H groups in total. The van der Waals surface area contributed by atoms with Gasteiger partial charge in [0.2, 0.25) is 5.91 Å². The van der Waals surface area contributed by atoms with Gasteiger partial charge in [-0.3, -0.25) is 4.79 Å². The van der Waals surface area contributed by atoms with E-state index in [9.17, 15) is 13.2 Å². The number of thioether (sulfide) groups is 1. The molecule has 29 heavy (non-hydrogen) atoms. The molecule has 2 fully saturated rings. The molecule has 0 saturated carbocycles. The van der Waals surface area contributed by atoms with Gasteiger partial charge in [0.1, 0.15) is 12.4 Å². The Morgan fingerprint density at radius 3 is 2.55 bits per heavy atom. The number of benzene rings is 2. The number of amidine groups is 1. The van der Waals surface area contributed by atoms with E-state index in [2.05, 4.69) is 4.99 Å². The van der Waals surface area contributed by atoms with Crippen LogP contribution in [0.15, 0.2) is 59.6 Å². The minimum absolute atomic E-state index is 0.0796. The first kappa shape index (κ1) is 20.0. The third-order valence-electron chi connectivity index (χ3n) is 4.95. The first-order chi connectivity index (χ1) is 13.9. The van der Waals surface area contributed by atoms with Gasteiger partial charge in [-0.05, 0) is 29.8 Å². The van der Waals surface area contributed by atoms with E-state index in [0.29, 0.717) is 18.2 Å². The number of nitrogens with zero attached hydrogens (tertiary/aromatic N) is 2. The number of fused-ring (bicyclic) bond motifs is 1. The number of hydrogen-bond acceptors (Lipinski definition) is 5. The van der Waals surface area contributed by atoms with Crippen LogP contribution in [0.25, 0.3) is 0 Å². The zero-order valence-electron chi connectivity index (χ0n) is 16.0. The van der Waals surface area contributed by atoms with Gasteiger partial charge in [-0.1, -0.05) is 49.0 Å². The largest absolute Gasteiger partial charge is 0.489 e. The number of carbonyl (C=O) groups is 1.